The van der Waals surface area contributed by atoms with Crippen molar-refractivity contribution >= 4 is 22.5 Å². The van der Waals surface area contributed by atoms with Gasteiger partial charge in [-0.1, -0.05) is 60.7 Å². The number of para-hydroxylation sites is 1. The number of rotatable bonds is 5. The molecule has 1 atom stereocenters. The molecule has 3 aromatic rings. The van der Waals surface area contributed by atoms with Gasteiger partial charge in [-0.3, -0.25) is 0 Å². The van der Waals surface area contributed by atoms with E-state index in [2.05, 4.69) is 10.6 Å². The number of amides is 2. The lowest BCUT2D eigenvalue weighted by molar-refractivity contribution is 0.169. The van der Waals surface area contributed by atoms with Gasteiger partial charge in [0.1, 0.15) is 0 Å². The first-order chi connectivity index (χ1) is 12.1. The third kappa shape index (κ3) is 4.17. The maximum absolute atomic E-state index is 12.0. The normalized spacial score (nSPS) is 11.9. The minimum Gasteiger partial charge on any atom is -0.388 e. The number of carbonyl (C=O) groups is 1. The molecule has 0 aromatic heterocycles. The standard InChI is InChI=1S/C21H22N2O2/c1-15-7-2-5-12-19(15)23-21(25)22-14-13-20(24)18-11-6-9-16-8-3-4-10-17(16)18/h2-12,20,24H,13-14H2,1H3,(H2,22,23,25). The van der Waals surface area contributed by atoms with Crippen molar-refractivity contribution in [2.75, 3.05) is 11.9 Å². The topological polar surface area (TPSA) is 61.4 Å². The molecule has 0 spiro atoms. The van der Waals surface area contributed by atoms with Crippen molar-refractivity contribution < 1.29 is 9.90 Å². The molecular weight excluding hydrogens is 312 g/mol. The Balaban J connectivity index is 1.56. The van der Waals surface area contributed by atoms with Crippen molar-refractivity contribution in [2.24, 2.45) is 0 Å². The van der Waals surface area contributed by atoms with Crippen molar-refractivity contribution in [3.8, 4) is 0 Å². The Bertz CT molecular complexity index is 871. The molecular formula is C21H22N2O2. The Hall–Kier alpha value is -2.85. The fourth-order valence-corrected chi connectivity index (χ4v) is 2.90. The molecule has 0 radical (unpaired) electrons. The van der Waals surface area contributed by atoms with Crippen LogP contribution in [0.3, 0.4) is 0 Å². The minimum atomic E-state index is -0.620. The molecule has 0 heterocycles. The first kappa shape index (κ1) is 17.0. The Morgan fingerprint density at radius 1 is 1.00 bits per heavy atom. The number of fused-ring (bicyclic) bond motifs is 1. The molecule has 3 aromatic carbocycles. The average molecular weight is 334 g/mol. The zero-order chi connectivity index (χ0) is 17.6. The van der Waals surface area contributed by atoms with Crippen LogP contribution in [0.2, 0.25) is 0 Å². The molecule has 0 aliphatic heterocycles. The first-order valence-electron chi connectivity index (χ1n) is 8.41. The molecule has 128 valence electrons. The molecule has 0 aliphatic carbocycles. The summed E-state index contributed by atoms with van der Waals surface area (Å²) in [6.07, 6.45) is -0.167. The molecule has 0 saturated carbocycles. The highest BCUT2D eigenvalue weighted by Crippen LogP contribution is 2.25. The second kappa shape index (κ2) is 7.81. The van der Waals surface area contributed by atoms with Crippen LogP contribution in [0.4, 0.5) is 10.5 Å². The number of carbonyl (C=O) groups excluding carboxylic acids is 1. The summed E-state index contributed by atoms with van der Waals surface area (Å²) in [5.41, 5.74) is 2.68. The highest BCUT2D eigenvalue weighted by molar-refractivity contribution is 5.90. The first-order valence-corrected chi connectivity index (χ1v) is 8.41. The Morgan fingerprint density at radius 3 is 2.56 bits per heavy atom. The van der Waals surface area contributed by atoms with Gasteiger partial charge in [0.25, 0.3) is 0 Å². The minimum absolute atomic E-state index is 0.264. The molecule has 4 nitrogen and oxygen atoms in total. The maximum atomic E-state index is 12.0. The van der Waals surface area contributed by atoms with Crippen LogP contribution < -0.4 is 10.6 Å². The lowest BCUT2D eigenvalue weighted by Gasteiger charge is -2.15. The summed E-state index contributed by atoms with van der Waals surface area (Å²) in [6, 6.07) is 21.2. The van der Waals surface area contributed by atoms with Gasteiger partial charge in [0, 0.05) is 12.2 Å². The van der Waals surface area contributed by atoms with Gasteiger partial charge in [0.15, 0.2) is 0 Å². The van der Waals surface area contributed by atoms with Crippen LogP contribution in [0, 0.1) is 6.92 Å². The van der Waals surface area contributed by atoms with Gasteiger partial charge in [-0.2, -0.15) is 0 Å². The van der Waals surface area contributed by atoms with E-state index >= 15 is 0 Å². The van der Waals surface area contributed by atoms with Crippen LogP contribution in [0.15, 0.2) is 66.7 Å². The van der Waals surface area contributed by atoms with Crippen LogP contribution in [0.1, 0.15) is 23.7 Å². The highest BCUT2D eigenvalue weighted by Gasteiger charge is 2.11. The number of aliphatic hydroxyl groups is 1. The van der Waals surface area contributed by atoms with E-state index in [1.807, 2.05) is 73.7 Å². The summed E-state index contributed by atoms with van der Waals surface area (Å²) in [6.45, 7) is 2.34. The largest absolute Gasteiger partial charge is 0.388 e. The van der Waals surface area contributed by atoms with Crippen molar-refractivity contribution in [3.05, 3.63) is 77.9 Å². The predicted molar refractivity (Wildman–Crippen MR) is 102 cm³/mol. The smallest absolute Gasteiger partial charge is 0.319 e. The highest BCUT2D eigenvalue weighted by atomic mass is 16.3. The van der Waals surface area contributed by atoms with Crippen molar-refractivity contribution in [2.45, 2.75) is 19.4 Å². The van der Waals surface area contributed by atoms with Gasteiger partial charge in [-0.15, -0.1) is 0 Å². The van der Waals surface area contributed by atoms with Crippen LogP contribution in [-0.4, -0.2) is 17.7 Å². The summed E-state index contributed by atoms with van der Waals surface area (Å²) in [5.74, 6) is 0. The van der Waals surface area contributed by atoms with E-state index in [0.717, 1.165) is 27.6 Å². The fourth-order valence-electron chi connectivity index (χ4n) is 2.90. The second-order valence-corrected chi connectivity index (χ2v) is 6.07. The van der Waals surface area contributed by atoms with E-state index < -0.39 is 6.10 Å². The summed E-state index contributed by atoms with van der Waals surface area (Å²) >= 11 is 0. The van der Waals surface area contributed by atoms with E-state index in [-0.39, 0.29) is 6.03 Å². The van der Waals surface area contributed by atoms with Gasteiger partial charge < -0.3 is 15.7 Å². The van der Waals surface area contributed by atoms with Crippen LogP contribution in [0.25, 0.3) is 10.8 Å². The summed E-state index contributed by atoms with van der Waals surface area (Å²) in [4.78, 5) is 12.0. The van der Waals surface area contributed by atoms with Gasteiger partial charge >= 0.3 is 6.03 Å². The molecule has 4 heteroatoms. The molecule has 1 unspecified atom stereocenters. The summed E-state index contributed by atoms with van der Waals surface area (Å²) in [5, 5.41) is 18.3. The van der Waals surface area contributed by atoms with E-state index in [0.29, 0.717) is 13.0 Å². The maximum Gasteiger partial charge on any atom is 0.319 e. The summed E-state index contributed by atoms with van der Waals surface area (Å²) < 4.78 is 0. The van der Waals surface area contributed by atoms with Gasteiger partial charge in [-0.05, 0) is 41.3 Å². The number of anilines is 1. The van der Waals surface area contributed by atoms with Crippen LogP contribution >= 0.6 is 0 Å². The van der Waals surface area contributed by atoms with Gasteiger partial charge in [0.05, 0.1) is 6.10 Å². The number of urea groups is 1. The molecule has 3 N–H and O–H groups in total. The molecule has 2 amide bonds. The van der Waals surface area contributed by atoms with Crippen LogP contribution in [-0.2, 0) is 0 Å². The number of benzene rings is 3. The molecule has 0 aliphatic rings. The number of hydrogen-bond donors (Lipinski definition) is 3. The zero-order valence-corrected chi connectivity index (χ0v) is 14.2. The van der Waals surface area contributed by atoms with Crippen LogP contribution in [0.5, 0.6) is 0 Å². The van der Waals surface area contributed by atoms with E-state index in [1.165, 1.54) is 0 Å². The number of nitrogens with one attached hydrogen (secondary N) is 2. The van der Waals surface area contributed by atoms with E-state index in [4.69, 9.17) is 0 Å². The Morgan fingerprint density at radius 2 is 1.72 bits per heavy atom. The number of aryl methyl sites for hydroxylation is 1. The number of aliphatic hydroxyl groups excluding tert-OH is 1. The lowest BCUT2D eigenvalue weighted by Crippen LogP contribution is -2.30. The van der Waals surface area contributed by atoms with E-state index in [9.17, 15) is 9.90 Å². The quantitative estimate of drug-likeness (QED) is 0.648. The molecule has 0 fully saturated rings. The third-order valence-corrected chi connectivity index (χ3v) is 4.28. The zero-order valence-electron chi connectivity index (χ0n) is 14.2. The SMILES string of the molecule is Cc1ccccc1NC(=O)NCCC(O)c1cccc2ccccc12. The Labute approximate surface area is 147 Å². The molecule has 3 rings (SSSR count). The van der Waals surface area contributed by atoms with Crippen molar-refractivity contribution in [3.63, 3.8) is 0 Å². The van der Waals surface area contributed by atoms with Gasteiger partial charge in [-0.25, -0.2) is 4.79 Å². The predicted octanol–water partition coefficient (Wildman–Crippen LogP) is 4.39. The second-order valence-electron chi connectivity index (χ2n) is 6.07. The summed E-state index contributed by atoms with van der Waals surface area (Å²) in [7, 11) is 0. The van der Waals surface area contributed by atoms with Crippen molar-refractivity contribution in [1.29, 1.82) is 0 Å². The fraction of sp³-hybridized carbons (Fsp3) is 0.190. The van der Waals surface area contributed by atoms with Crippen molar-refractivity contribution in [1.82, 2.24) is 5.32 Å². The van der Waals surface area contributed by atoms with E-state index in [1.54, 1.807) is 0 Å². The lowest BCUT2D eigenvalue weighted by atomic mass is 9.99. The molecule has 25 heavy (non-hydrogen) atoms. The monoisotopic (exact) mass is 334 g/mol. The Kier molecular flexibility index (Phi) is 5.31. The van der Waals surface area contributed by atoms with Gasteiger partial charge in [0.2, 0.25) is 0 Å². The third-order valence-electron chi connectivity index (χ3n) is 4.28. The average Bonchev–Trinajstić information content (AvgIpc) is 2.63. The molecule has 0 bridgehead atoms. The molecule has 0 saturated heterocycles. The number of hydrogen-bond acceptors (Lipinski definition) is 2.